The second-order valence-electron chi connectivity index (χ2n) is 5.98. The number of rotatable bonds is 4. The van der Waals surface area contributed by atoms with E-state index in [-0.39, 0.29) is 24.3 Å². The topological polar surface area (TPSA) is 64.3 Å². The van der Waals surface area contributed by atoms with E-state index >= 15 is 0 Å². The molecule has 1 aromatic carbocycles. The van der Waals surface area contributed by atoms with Crippen LogP contribution in [0.2, 0.25) is 0 Å². The minimum atomic E-state index is -0.424. The molecule has 1 fully saturated rings. The number of nitrogen functional groups attached to an aromatic ring is 1. The molecule has 0 saturated heterocycles. The van der Waals surface area contributed by atoms with Gasteiger partial charge in [0.15, 0.2) is 0 Å². The van der Waals surface area contributed by atoms with Crippen molar-refractivity contribution in [3.05, 3.63) is 24.0 Å². The number of amides is 1. The van der Waals surface area contributed by atoms with Gasteiger partial charge in [0.25, 0.3) is 0 Å². The average Bonchev–Trinajstić information content (AvgIpc) is 2.43. The molecule has 3 atom stereocenters. The van der Waals surface area contributed by atoms with Crippen LogP contribution in [-0.2, 0) is 9.53 Å². The maximum atomic E-state index is 12.9. The Morgan fingerprint density at radius 1 is 1.38 bits per heavy atom. The van der Waals surface area contributed by atoms with Crippen LogP contribution >= 0.6 is 0 Å². The summed E-state index contributed by atoms with van der Waals surface area (Å²) in [5, 5.41) is 2.64. The van der Waals surface area contributed by atoms with Crippen molar-refractivity contribution in [2.75, 3.05) is 17.7 Å². The Labute approximate surface area is 124 Å². The highest BCUT2D eigenvalue weighted by Crippen LogP contribution is 2.30. The quantitative estimate of drug-likeness (QED) is 0.838. The molecule has 0 radical (unpaired) electrons. The molecule has 21 heavy (non-hydrogen) atoms. The summed E-state index contributed by atoms with van der Waals surface area (Å²) in [6.07, 6.45) is 3.27. The number of hydrogen-bond acceptors (Lipinski definition) is 3. The first kappa shape index (κ1) is 15.8. The maximum absolute atomic E-state index is 12.9. The van der Waals surface area contributed by atoms with Crippen molar-refractivity contribution in [2.45, 2.75) is 39.2 Å². The van der Waals surface area contributed by atoms with Crippen LogP contribution in [0.15, 0.2) is 18.2 Å². The van der Waals surface area contributed by atoms with Crippen molar-refractivity contribution >= 4 is 17.3 Å². The highest BCUT2D eigenvalue weighted by molar-refractivity contribution is 5.94. The van der Waals surface area contributed by atoms with Crippen LogP contribution in [0.4, 0.5) is 15.8 Å². The van der Waals surface area contributed by atoms with E-state index in [0.717, 1.165) is 25.2 Å². The van der Waals surface area contributed by atoms with Crippen LogP contribution in [0, 0.1) is 17.7 Å². The van der Waals surface area contributed by atoms with Crippen molar-refractivity contribution in [3.63, 3.8) is 0 Å². The first-order valence-corrected chi connectivity index (χ1v) is 7.42. The van der Waals surface area contributed by atoms with Gasteiger partial charge in [-0.05, 0) is 49.3 Å². The standard InChI is InChI=1S/C16H23FN2O2/c1-10-3-5-13(7-11(10)2)21-9-16(20)19-15-6-4-12(17)8-14(15)18/h4,6,8,10-11,13H,3,5,7,9,18H2,1-2H3,(H,19,20). The van der Waals surface area contributed by atoms with E-state index in [9.17, 15) is 9.18 Å². The number of nitrogens with one attached hydrogen (secondary N) is 1. The summed E-state index contributed by atoms with van der Waals surface area (Å²) in [6.45, 7) is 4.48. The molecule has 3 N–H and O–H groups in total. The lowest BCUT2D eigenvalue weighted by Gasteiger charge is -2.31. The number of hydrogen-bond donors (Lipinski definition) is 2. The number of carbonyl (C=O) groups is 1. The lowest BCUT2D eigenvalue weighted by atomic mass is 9.80. The summed E-state index contributed by atoms with van der Waals surface area (Å²) >= 11 is 0. The van der Waals surface area contributed by atoms with Crippen molar-refractivity contribution in [1.29, 1.82) is 0 Å². The summed E-state index contributed by atoms with van der Waals surface area (Å²) in [4.78, 5) is 11.9. The predicted molar refractivity (Wildman–Crippen MR) is 81.4 cm³/mol. The largest absolute Gasteiger partial charge is 0.397 e. The Hall–Kier alpha value is -1.62. The Morgan fingerprint density at radius 2 is 2.14 bits per heavy atom. The third-order valence-electron chi connectivity index (χ3n) is 4.29. The summed E-state index contributed by atoms with van der Waals surface area (Å²) in [6, 6.07) is 3.89. The number of benzene rings is 1. The third kappa shape index (κ3) is 4.43. The fourth-order valence-corrected chi connectivity index (χ4v) is 2.68. The summed E-state index contributed by atoms with van der Waals surface area (Å²) in [5.41, 5.74) is 6.27. The molecule has 0 bridgehead atoms. The van der Waals surface area contributed by atoms with Gasteiger partial charge >= 0.3 is 0 Å². The molecule has 1 aliphatic carbocycles. The predicted octanol–water partition coefficient (Wildman–Crippen LogP) is 3.19. The highest BCUT2D eigenvalue weighted by Gasteiger charge is 2.25. The van der Waals surface area contributed by atoms with Gasteiger partial charge in [-0.1, -0.05) is 13.8 Å². The van der Waals surface area contributed by atoms with Crippen molar-refractivity contribution in [1.82, 2.24) is 0 Å². The van der Waals surface area contributed by atoms with Gasteiger partial charge in [0.2, 0.25) is 5.91 Å². The summed E-state index contributed by atoms with van der Waals surface area (Å²) < 4.78 is 18.6. The molecule has 1 aromatic rings. The Morgan fingerprint density at radius 3 is 2.81 bits per heavy atom. The first-order valence-electron chi connectivity index (χ1n) is 7.42. The Kier molecular flexibility index (Phi) is 5.17. The van der Waals surface area contributed by atoms with Crippen molar-refractivity contribution in [2.24, 2.45) is 11.8 Å². The van der Waals surface area contributed by atoms with Gasteiger partial charge in [-0.3, -0.25) is 4.79 Å². The van der Waals surface area contributed by atoms with E-state index in [2.05, 4.69) is 19.2 Å². The molecule has 0 aromatic heterocycles. The maximum Gasteiger partial charge on any atom is 0.250 e. The molecular weight excluding hydrogens is 271 g/mol. The number of ether oxygens (including phenoxy) is 1. The molecule has 1 aliphatic rings. The SMILES string of the molecule is CC1CCC(OCC(=O)Nc2ccc(F)cc2N)CC1C. The van der Waals surface area contributed by atoms with Gasteiger partial charge in [-0.2, -0.15) is 0 Å². The van der Waals surface area contributed by atoms with Gasteiger partial charge in [0, 0.05) is 0 Å². The van der Waals surface area contributed by atoms with Crippen LogP contribution < -0.4 is 11.1 Å². The van der Waals surface area contributed by atoms with Gasteiger partial charge in [0.1, 0.15) is 12.4 Å². The van der Waals surface area contributed by atoms with E-state index in [4.69, 9.17) is 10.5 Å². The third-order valence-corrected chi connectivity index (χ3v) is 4.29. The van der Waals surface area contributed by atoms with E-state index in [1.165, 1.54) is 18.2 Å². The first-order chi connectivity index (χ1) is 9.95. The van der Waals surface area contributed by atoms with Crippen LogP contribution in [-0.4, -0.2) is 18.6 Å². The smallest absolute Gasteiger partial charge is 0.250 e. The van der Waals surface area contributed by atoms with Gasteiger partial charge in [0.05, 0.1) is 17.5 Å². The summed E-state index contributed by atoms with van der Waals surface area (Å²) in [7, 11) is 0. The molecule has 0 heterocycles. The van der Waals surface area contributed by atoms with Crippen molar-refractivity contribution < 1.29 is 13.9 Å². The van der Waals surface area contributed by atoms with Crippen LogP contribution in [0.3, 0.4) is 0 Å². The Bertz CT molecular complexity index is 507. The molecule has 116 valence electrons. The zero-order valence-electron chi connectivity index (χ0n) is 12.6. The lowest BCUT2D eigenvalue weighted by molar-refractivity contribution is -0.123. The molecular formula is C16H23FN2O2. The van der Waals surface area contributed by atoms with E-state index < -0.39 is 5.82 Å². The number of nitrogens with two attached hydrogens (primary N) is 1. The second kappa shape index (κ2) is 6.89. The monoisotopic (exact) mass is 294 g/mol. The molecule has 4 nitrogen and oxygen atoms in total. The van der Waals surface area contributed by atoms with Gasteiger partial charge in [-0.15, -0.1) is 0 Å². The molecule has 0 aliphatic heterocycles. The van der Waals surface area contributed by atoms with Crippen molar-refractivity contribution in [3.8, 4) is 0 Å². The number of halogens is 1. The van der Waals surface area contributed by atoms with Crippen LogP contribution in [0.25, 0.3) is 0 Å². The fraction of sp³-hybridized carbons (Fsp3) is 0.562. The van der Waals surface area contributed by atoms with Gasteiger partial charge in [-0.25, -0.2) is 4.39 Å². The Balaban J connectivity index is 1.80. The van der Waals surface area contributed by atoms with E-state index in [1.54, 1.807) is 0 Å². The minimum absolute atomic E-state index is 0.00256. The summed E-state index contributed by atoms with van der Waals surface area (Å²) in [5.74, 6) is 0.656. The average molecular weight is 294 g/mol. The molecule has 2 rings (SSSR count). The van der Waals surface area contributed by atoms with Gasteiger partial charge < -0.3 is 15.8 Å². The van der Waals surface area contributed by atoms with E-state index in [0.29, 0.717) is 11.6 Å². The minimum Gasteiger partial charge on any atom is -0.397 e. The molecule has 1 saturated carbocycles. The lowest BCUT2D eigenvalue weighted by Crippen LogP contribution is -2.30. The molecule has 5 heteroatoms. The van der Waals surface area contributed by atoms with Crippen LogP contribution in [0.1, 0.15) is 33.1 Å². The molecule has 1 amide bonds. The molecule has 3 unspecified atom stereocenters. The zero-order valence-corrected chi connectivity index (χ0v) is 12.6. The second-order valence-corrected chi connectivity index (χ2v) is 5.98. The number of carbonyl (C=O) groups excluding carboxylic acids is 1. The normalized spacial score (nSPS) is 25.6. The molecule has 0 spiro atoms. The number of anilines is 2. The highest BCUT2D eigenvalue weighted by atomic mass is 19.1. The van der Waals surface area contributed by atoms with Crippen LogP contribution in [0.5, 0.6) is 0 Å². The zero-order chi connectivity index (χ0) is 15.4. The fourth-order valence-electron chi connectivity index (χ4n) is 2.68. The van der Waals surface area contributed by atoms with E-state index in [1.807, 2.05) is 0 Å².